The highest BCUT2D eigenvalue weighted by molar-refractivity contribution is 9.18. The molecule has 2 rings (SSSR count). The van der Waals surface area contributed by atoms with Crippen molar-refractivity contribution in [3.63, 3.8) is 0 Å². The Morgan fingerprint density at radius 1 is 1.29 bits per heavy atom. The highest BCUT2D eigenvalue weighted by Gasteiger charge is 2.30. The topological polar surface area (TPSA) is 38.8 Å². The lowest BCUT2D eigenvalue weighted by atomic mass is 9.99. The Balaban J connectivity index is 2.45. The molecular formula is C19H28BrNO3. The minimum Gasteiger partial charge on any atom is -0.357 e. The van der Waals surface area contributed by atoms with Crippen molar-refractivity contribution < 1.29 is 14.3 Å². The number of ether oxygens (including phenoxy) is 2. The van der Waals surface area contributed by atoms with Gasteiger partial charge in [0.15, 0.2) is 0 Å². The summed E-state index contributed by atoms with van der Waals surface area (Å²) >= 11 is 3.23. The third-order valence-corrected chi connectivity index (χ3v) is 5.07. The molecule has 1 aliphatic rings. The van der Waals surface area contributed by atoms with Crippen LogP contribution in [0.2, 0.25) is 0 Å². The lowest BCUT2D eigenvalue weighted by Gasteiger charge is -2.36. The van der Waals surface area contributed by atoms with Crippen LogP contribution in [0.4, 0.5) is 5.69 Å². The van der Waals surface area contributed by atoms with E-state index in [0.717, 1.165) is 25.7 Å². The van der Waals surface area contributed by atoms with Gasteiger partial charge >= 0.3 is 0 Å². The van der Waals surface area contributed by atoms with E-state index in [1.165, 1.54) is 16.8 Å². The summed E-state index contributed by atoms with van der Waals surface area (Å²) in [6.07, 6.45) is 3.66. The molecule has 2 unspecified atom stereocenters. The number of hydrogen-bond donors (Lipinski definition) is 0. The van der Waals surface area contributed by atoms with Crippen LogP contribution < -0.4 is 4.90 Å². The SMILES string of the molecule is CCCC(C(=O)Br)N(CC1COCO1)c1c(CC)cccc1CC. The molecule has 24 heavy (non-hydrogen) atoms. The van der Waals surface area contributed by atoms with Gasteiger partial charge in [-0.1, -0.05) is 45.4 Å². The number of aryl methyl sites for hydroxylation is 2. The molecule has 0 radical (unpaired) electrons. The minimum absolute atomic E-state index is 0.00539. The third-order valence-electron chi connectivity index (χ3n) is 4.54. The Morgan fingerprint density at radius 2 is 1.96 bits per heavy atom. The van der Waals surface area contributed by atoms with E-state index in [2.05, 4.69) is 59.8 Å². The number of para-hydroxylation sites is 1. The van der Waals surface area contributed by atoms with Crippen LogP contribution in [0.25, 0.3) is 0 Å². The molecule has 5 heteroatoms. The van der Waals surface area contributed by atoms with E-state index in [-0.39, 0.29) is 16.8 Å². The molecule has 2 atom stereocenters. The maximum Gasteiger partial charge on any atom is 0.220 e. The molecule has 0 bridgehead atoms. The van der Waals surface area contributed by atoms with Crippen LogP contribution in [0, 0.1) is 0 Å². The zero-order valence-corrected chi connectivity index (χ0v) is 16.5. The van der Waals surface area contributed by atoms with Crippen molar-refractivity contribution in [2.45, 2.75) is 58.6 Å². The quantitative estimate of drug-likeness (QED) is 0.588. The number of carbonyl (C=O) groups excluding carboxylic acids is 1. The second-order valence-electron chi connectivity index (χ2n) is 6.17. The van der Waals surface area contributed by atoms with E-state index >= 15 is 0 Å². The second kappa shape index (κ2) is 9.54. The Hall–Kier alpha value is -0.910. The van der Waals surface area contributed by atoms with Gasteiger partial charge in [0.1, 0.15) is 12.9 Å². The zero-order valence-electron chi connectivity index (χ0n) is 14.9. The molecule has 0 spiro atoms. The van der Waals surface area contributed by atoms with Crippen LogP contribution in [0.1, 0.15) is 44.7 Å². The van der Waals surface area contributed by atoms with Crippen molar-refractivity contribution in [2.24, 2.45) is 0 Å². The van der Waals surface area contributed by atoms with Gasteiger partial charge in [0.05, 0.1) is 12.6 Å². The Labute approximate surface area is 153 Å². The lowest BCUT2D eigenvalue weighted by molar-refractivity contribution is -0.111. The number of anilines is 1. The van der Waals surface area contributed by atoms with E-state index in [4.69, 9.17) is 9.47 Å². The molecule has 0 amide bonds. The predicted octanol–water partition coefficient (Wildman–Crippen LogP) is 4.08. The van der Waals surface area contributed by atoms with Gasteiger partial charge in [0.2, 0.25) is 4.69 Å². The highest BCUT2D eigenvalue weighted by Crippen LogP contribution is 2.31. The number of benzene rings is 1. The van der Waals surface area contributed by atoms with E-state index < -0.39 is 0 Å². The average Bonchev–Trinajstić information content (AvgIpc) is 3.10. The molecule has 1 saturated heterocycles. The average molecular weight is 398 g/mol. The summed E-state index contributed by atoms with van der Waals surface area (Å²) in [5, 5.41) is 0. The van der Waals surface area contributed by atoms with Crippen LogP contribution in [0.3, 0.4) is 0 Å². The van der Waals surface area contributed by atoms with Gasteiger partial charge in [0.25, 0.3) is 0 Å². The standard InChI is InChI=1S/C19H28BrNO3/c1-4-8-17(19(20)22)21(11-16-12-23-13-24-16)18-14(5-2)9-7-10-15(18)6-3/h7,9-10,16-17H,4-6,8,11-13H2,1-3H3. The first-order valence-corrected chi connectivity index (χ1v) is 9.67. The third kappa shape index (κ3) is 4.58. The van der Waals surface area contributed by atoms with Gasteiger partial charge in [-0.3, -0.25) is 4.79 Å². The van der Waals surface area contributed by atoms with Crippen molar-refractivity contribution in [2.75, 3.05) is 24.8 Å². The molecular weight excluding hydrogens is 370 g/mol. The Kier molecular flexibility index (Phi) is 7.72. The van der Waals surface area contributed by atoms with Gasteiger partial charge in [-0.05, 0) is 46.3 Å². The van der Waals surface area contributed by atoms with Gasteiger partial charge < -0.3 is 14.4 Å². The second-order valence-corrected chi connectivity index (χ2v) is 6.95. The maximum absolute atomic E-state index is 12.3. The minimum atomic E-state index is -0.183. The van der Waals surface area contributed by atoms with E-state index in [9.17, 15) is 4.79 Å². The Bertz CT molecular complexity index is 521. The van der Waals surface area contributed by atoms with Crippen molar-refractivity contribution in [1.82, 2.24) is 0 Å². The number of carbonyl (C=O) groups is 1. The van der Waals surface area contributed by atoms with E-state index in [1.807, 2.05) is 0 Å². The molecule has 0 N–H and O–H groups in total. The van der Waals surface area contributed by atoms with Gasteiger partial charge in [-0.2, -0.15) is 0 Å². The summed E-state index contributed by atoms with van der Waals surface area (Å²) in [5.74, 6) is 0. The summed E-state index contributed by atoms with van der Waals surface area (Å²) in [7, 11) is 0. The molecule has 1 aliphatic heterocycles. The summed E-state index contributed by atoms with van der Waals surface area (Å²) in [6, 6.07) is 6.25. The van der Waals surface area contributed by atoms with Crippen LogP contribution in [-0.4, -0.2) is 36.8 Å². The van der Waals surface area contributed by atoms with Crippen molar-refractivity contribution in [1.29, 1.82) is 0 Å². The molecule has 134 valence electrons. The fourth-order valence-electron chi connectivity index (χ4n) is 3.32. The van der Waals surface area contributed by atoms with Crippen LogP contribution in [0.15, 0.2) is 18.2 Å². The van der Waals surface area contributed by atoms with Crippen molar-refractivity contribution in [3.8, 4) is 0 Å². The first kappa shape index (κ1) is 19.4. The van der Waals surface area contributed by atoms with Crippen molar-refractivity contribution >= 4 is 26.3 Å². The fourth-order valence-corrected chi connectivity index (χ4v) is 3.80. The predicted molar refractivity (Wildman–Crippen MR) is 101 cm³/mol. The highest BCUT2D eigenvalue weighted by atomic mass is 79.9. The zero-order chi connectivity index (χ0) is 17.5. The molecule has 1 aromatic carbocycles. The van der Waals surface area contributed by atoms with E-state index in [1.54, 1.807) is 0 Å². The summed E-state index contributed by atoms with van der Waals surface area (Å²) in [6.45, 7) is 8.04. The molecule has 1 heterocycles. The molecule has 1 aromatic rings. The number of halogens is 1. The van der Waals surface area contributed by atoms with Crippen LogP contribution in [0.5, 0.6) is 0 Å². The molecule has 0 saturated carbocycles. The van der Waals surface area contributed by atoms with Gasteiger partial charge in [-0.15, -0.1) is 0 Å². The monoisotopic (exact) mass is 397 g/mol. The summed E-state index contributed by atoms with van der Waals surface area (Å²) in [4.78, 5) is 14.6. The number of nitrogens with zero attached hydrogens (tertiary/aromatic N) is 1. The van der Waals surface area contributed by atoms with Crippen molar-refractivity contribution in [3.05, 3.63) is 29.3 Å². The summed E-state index contributed by atoms with van der Waals surface area (Å²) < 4.78 is 11.1. The van der Waals surface area contributed by atoms with Crippen LogP contribution >= 0.6 is 15.9 Å². The number of rotatable bonds is 9. The Morgan fingerprint density at radius 3 is 2.42 bits per heavy atom. The van der Waals surface area contributed by atoms with Gasteiger partial charge in [-0.25, -0.2) is 0 Å². The van der Waals surface area contributed by atoms with E-state index in [0.29, 0.717) is 19.9 Å². The lowest BCUT2D eigenvalue weighted by Crippen LogP contribution is -2.45. The fraction of sp³-hybridized carbons (Fsp3) is 0.632. The number of hydrogen-bond acceptors (Lipinski definition) is 4. The normalized spacial score (nSPS) is 18.6. The van der Waals surface area contributed by atoms with Crippen LogP contribution in [-0.2, 0) is 27.1 Å². The molecule has 4 nitrogen and oxygen atoms in total. The molecule has 0 aromatic heterocycles. The largest absolute Gasteiger partial charge is 0.357 e. The van der Waals surface area contributed by atoms with Gasteiger partial charge in [0, 0.05) is 12.2 Å². The summed E-state index contributed by atoms with van der Waals surface area (Å²) in [5.41, 5.74) is 3.76. The smallest absolute Gasteiger partial charge is 0.220 e. The molecule has 0 aliphatic carbocycles. The molecule has 1 fully saturated rings. The first-order chi connectivity index (χ1) is 11.6. The first-order valence-electron chi connectivity index (χ1n) is 8.88. The maximum atomic E-state index is 12.3.